The summed E-state index contributed by atoms with van der Waals surface area (Å²) in [6.07, 6.45) is 4.96. The predicted molar refractivity (Wildman–Crippen MR) is 101 cm³/mol. The molecule has 1 aromatic carbocycles. The SMILES string of the molecule is CNc1ccc2c(c1)nc(C(C)(C)C)n2CCCC1CCOCC1. The molecule has 2 heterocycles. The number of ether oxygens (including phenoxy) is 1. The summed E-state index contributed by atoms with van der Waals surface area (Å²) in [6, 6.07) is 6.50. The van der Waals surface area contributed by atoms with Crippen LogP contribution in [0, 0.1) is 5.92 Å². The lowest BCUT2D eigenvalue weighted by Crippen LogP contribution is -2.20. The first-order valence-corrected chi connectivity index (χ1v) is 9.25. The fraction of sp³-hybridized carbons (Fsp3) is 0.650. The van der Waals surface area contributed by atoms with Crippen LogP contribution in [0.2, 0.25) is 0 Å². The van der Waals surface area contributed by atoms with Crippen molar-refractivity contribution in [2.45, 2.75) is 58.4 Å². The highest BCUT2D eigenvalue weighted by atomic mass is 16.5. The highest BCUT2D eigenvalue weighted by Gasteiger charge is 2.23. The van der Waals surface area contributed by atoms with Gasteiger partial charge in [-0.25, -0.2) is 4.98 Å². The van der Waals surface area contributed by atoms with Crippen LogP contribution >= 0.6 is 0 Å². The van der Waals surface area contributed by atoms with Gasteiger partial charge in [0, 0.05) is 37.9 Å². The van der Waals surface area contributed by atoms with E-state index in [1.54, 1.807) is 0 Å². The average Bonchev–Trinajstić information content (AvgIpc) is 2.94. The number of aromatic nitrogens is 2. The van der Waals surface area contributed by atoms with Gasteiger partial charge in [0.1, 0.15) is 5.82 Å². The second kappa shape index (κ2) is 7.14. The van der Waals surface area contributed by atoms with Crippen molar-refractivity contribution in [3.63, 3.8) is 0 Å². The zero-order chi connectivity index (χ0) is 17.2. The molecule has 0 radical (unpaired) electrons. The number of fused-ring (bicyclic) bond motifs is 1. The number of nitrogens with zero attached hydrogens (tertiary/aromatic N) is 2. The van der Waals surface area contributed by atoms with Crippen LogP contribution in [0.3, 0.4) is 0 Å². The van der Waals surface area contributed by atoms with Crippen molar-refractivity contribution in [3.05, 3.63) is 24.0 Å². The van der Waals surface area contributed by atoms with Gasteiger partial charge in [-0.05, 0) is 49.8 Å². The van der Waals surface area contributed by atoms with Crippen molar-refractivity contribution in [2.75, 3.05) is 25.6 Å². The summed E-state index contributed by atoms with van der Waals surface area (Å²) < 4.78 is 7.91. The van der Waals surface area contributed by atoms with Gasteiger partial charge in [0.05, 0.1) is 11.0 Å². The largest absolute Gasteiger partial charge is 0.388 e. The first-order valence-electron chi connectivity index (χ1n) is 9.25. The second-order valence-corrected chi connectivity index (χ2v) is 7.99. The van der Waals surface area contributed by atoms with Gasteiger partial charge in [-0.1, -0.05) is 20.8 Å². The molecule has 24 heavy (non-hydrogen) atoms. The molecule has 0 aliphatic carbocycles. The van der Waals surface area contributed by atoms with E-state index in [0.29, 0.717) is 0 Å². The lowest BCUT2D eigenvalue weighted by Gasteiger charge is -2.23. The highest BCUT2D eigenvalue weighted by molar-refractivity contribution is 5.80. The number of imidazole rings is 1. The number of aryl methyl sites for hydroxylation is 1. The van der Waals surface area contributed by atoms with Gasteiger partial charge in [0.2, 0.25) is 0 Å². The van der Waals surface area contributed by atoms with Crippen LogP contribution in [-0.4, -0.2) is 29.8 Å². The molecule has 0 amide bonds. The molecular weight excluding hydrogens is 298 g/mol. The molecule has 1 aliphatic rings. The topological polar surface area (TPSA) is 39.1 Å². The molecule has 1 fully saturated rings. The maximum Gasteiger partial charge on any atom is 0.115 e. The minimum absolute atomic E-state index is 0.0531. The zero-order valence-electron chi connectivity index (χ0n) is 15.6. The van der Waals surface area contributed by atoms with Gasteiger partial charge in [0.15, 0.2) is 0 Å². The number of rotatable bonds is 5. The van der Waals surface area contributed by atoms with Crippen molar-refractivity contribution < 1.29 is 4.74 Å². The van der Waals surface area contributed by atoms with Crippen LogP contribution in [0.25, 0.3) is 11.0 Å². The predicted octanol–water partition coefficient (Wildman–Crippen LogP) is 4.58. The van der Waals surface area contributed by atoms with E-state index in [9.17, 15) is 0 Å². The molecule has 1 saturated heterocycles. The number of hydrogen-bond donors (Lipinski definition) is 1. The monoisotopic (exact) mass is 329 g/mol. The van der Waals surface area contributed by atoms with E-state index in [1.807, 2.05) is 7.05 Å². The Balaban J connectivity index is 1.81. The van der Waals surface area contributed by atoms with Gasteiger partial charge in [-0.15, -0.1) is 0 Å². The van der Waals surface area contributed by atoms with Crippen molar-refractivity contribution in [1.29, 1.82) is 0 Å². The zero-order valence-corrected chi connectivity index (χ0v) is 15.6. The second-order valence-electron chi connectivity index (χ2n) is 7.99. The summed E-state index contributed by atoms with van der Waals surface area (Å²) >= 11 is 0. The Morgan fingerprint density at radius 1 is 1.25 bits per heavy atom. The Morgan fingerprint density at radius 3 is 2.67 bits per heavy atom. The van der Waals surface area contributed by atoms with E-state index in [4.69, 9.17) is 9.72 Å². The molecule has 2 aromatic rings. The van der Waals surface area contributed by atoms with Crippen LogP contribution in [-0.2, 0) is 16.7 Å². The van der Waals surface area contributed by atoms with Gasteiger partial charge in [-0.2, -0.15) is 0 Å². The summed E-state index contributed by atoms with van der Waals surface area (Å²) in [5.41, 5.74) is 3.52. The lowest BCUT2D eigenvalue weighted by molar-refractivity contribution is 0.0629. The Kier molecular flexibility index (Phi) is 5.14. The van der Waals surface area contributed by atoms with Crippen LogP contribution in [0.1, 0.15) is 52.3 Å². The molecule has 0 atom stereocenters. The maximum absolute atomic E-state index is 5.47. The Labute approximate surface area is 145 Å². The molecule has 0 unspecified atom stereocenters. The average molecular weight is 329 g/mol. The van der Waals surface area contributed by atoms with E-state index in [-0.39, 0.29) is 5.41 Å². The van der Waals surface area contributed by atoms with E-state index >= 15 is 0 Å². The van der Waals surface area contributed by atoms with Gasteiger partial charge in [0.25, 0.3) is 0 Å². The first-order chi connectivity index (χ1) is 11.5. The summed E-state index contributed by atoms with van der Waals surface area (Å²) in [5.74, 6) is 2.03. The smallest absolute Gasteiger partial charge is 0.115 e. The molecule has 1 aliphatic heterocycles. The van der Waals surface area contributed by atoms with Crippen molar-refractivity contribution in [1.82, 2.24) is 9.55 Å². The maximum atomic E-state index is 5.47. The third-order valence-corrected chi connectivity index (χ3v) is 5.04. The first kappa shape index (κ1) is 17.3. The quantitative estimate of drug-likeness (QED) is 0.872. The van der Waals surface area contributed by atoms with E-state index < -0.39 is 0 Å². The molecule has 4 heteroatoms. The summed E-state index contributed by atoms with van der Waals surface area (Å²) in [5, 5.41) is 3.21. The number of anilines is 1. The van der Waals surface area contributed by atoms with Crippen LogP contribution in [0.4, 0.5) is 5.69 Å². The Bertz CT molecular complexity index is 678. The van der Waals surface area contributed by atoms with E-state index in [0.717, 1.165) is 36.9 Å². The molecule has 4 nitrogen and oxygen atoms in total. The van der Waals surface area contributed by atoms with Crippen molar-refractivity contribution in [2.24, 2.45) is 5.92 Å². The molecule has 3 rings (SSSR count). The van der Waals surface area contributed by atoms with E-state index in [2.05, 4.69) is 48.9 Å². The Hall–Kier alpha value is -1.55. The molecule has 0 bridgehead atoms. The van der Waals surface area contributed by atoms with Crippen molar-refractivity contribution in [3.8, 4) is 0 Å². The number of hydrogen-bond acceptors (Lipinski definition) is 3. The molecule has 0 spiro atoms. The molecule has 132 valence electrons. The van der Waals surface area contributed by atoms with E-state index in [1.165, 1.54) is 37.0 Å². The van der Waals surface area contributed by atoms with Gasteiger partial charge in [-0.3, -0.25) is 0 Å². The summed E-state index contributed by atoms with van der Waals surface area (Å²) in [7, 11) is 1.96. The van der Waals surface area contributed by atoms with Gasteiger partial charge >= 0.3 is 0 Å². The Morgan fingerprint density at radius 2 is 2.00 bits per heavy atom. The summed E-state index contributed by atoms with van der Waals surface area (Å²) in [6.45, 7) is 9.70. The third kappa shape index (κ3) is 3.75. The number of benzene rings is 1. The van der Waals surface area contributed by atoms with Crippen LogP contribution < -0.4 is 5.32 Å². The lowest BCUT2D eigenvalue weighted by atomic mass is 9.94. The fourth-order valence-corrected chi connectivity index (χ4v) is 3.66. The van der Waals surface area contributed by atoms with Crippen LogP contribution in [0.15, 0.2) is 18.2 Å². The number of nitrogens with one attached hydrogen (secondary N) is 1. The molecule has 1 N–H and O–H groups in total. The molecule has 0 saturated carbocycles. The molecule has 1 aromatic heterocycles. The third-order valence-electron chi connectivity index (χ3n) is 5.04. The highest BCUT2D eigenvalue weighted by Crippen LogP contribution is 2.29. The van der Waals surface area contributed by atoms with Crippen molar-refractivity contribution >= 4 is 16.7 Å². The minimum atomic E-state index is 0.0531. The normalized spacial score (nSPS) is 16.7. The fourth-order valence-electron chi connectivity index (χ4n) is 3.66. The standard InChI is InChI=1S/C20H31N3O/c1-20(2,3)19-22-17-14-16(21-4)7-8-18(17)23(19)11-5-6-15-9-12-24-13-10-15/h7-8,14-15,21H,5-6,9-13H2,1-4H3. The van der Waals surface area contributed by atoms with Crippen LogP contribution in [0.5, 0.6) is 0 Å². The summed E-state index contributed by atoms with van der Waals surface area (Å²) in [4.78, 5) is 4.96. The van der Waals surface area contributed by atoms with Gasteiger partial charge < -0.3 is 14.6 Å². The minimum Gasteiger partial charge on any atom is -0.388 e. The molecular formula is C20H31N3O.